The van der Waals surface area contributed by atoms with Crippen molar-refractivity contribution < 1.29 is 9.53 Å². The minimum atomic E-state index is -0.0803. The van der Waals surface area contributed by atoms with Gasteiger partial charge in [-0.05, 0) is 44.7 Å². The Morgan fingerprint density at radius 1 is 1.20 bits per heavy atom. The summed E-state index contributed by atoms with van der Waals surface area (Å²) >= 11 is 1.71. The first kappa shape index (κ1) is 20.6. The maximum atomic E-state index is 12.1. The smallest absolute Gasteiger partial charge is 0.309 e. The number of carbonyl (C=O) groups is 1. The number of fused-ring (bicyclic) bond motifs is 1. The SMILES string of the molecule is CCOC(=O)C1CCN(c2nc(NCc3ccccc3)c3c(C)c(C)sc3n2)CC1. The van der Waals surface area contributed by atoms with Gasteiger partial charge in [0.25, 0.3) is 0 Å². The van der Waals surface area contributed by atoms with Gasteiger partial charge in [-0.25, -0.2) is 4.98 Å². The van der Waals surface area contributed by atoms with E-state index in [-0.39, 0.29) is 11.9 Å². The van der Waals surface area contributed by atoms with E-state index in [4.69, 9.17) is 14.7 Å². The number of nitrogens with one attached hydrogen (secondary N) is 1. The number of anilines is 2. The van der Waals surface area contributed by atoms with E-state index < -0.39 is 0 Å². The van der Waals surface area contributed by atoms with Crippen molar-refractivity contribution in [2.45, 2.75) is 40.2 Å². The van der Waals surface area contributed by atoms with Crippen molar-refractivity contribution in [1.82, 2.24) is 9.97 Å². The van der Waals surface area contributed by atoms with Gasteiger partial charge in [-0.1, -0.05) is 30.3 Å². The van der Waals surface area contributed by atoms with Crippen molar-refractivity contribution in [2.24, 2.45) is 5.92 Å². The second-order valence-electron chi connectivity index (χ2n) is 7.69. The molecule has 1 aliphatic rings. The second kappa shape index (κ2) is 9.00. The molecule has 1 aromatic carbocycles. The molecule has 1 fully saturated rings. The van der Waals surface area contributed by atoms with Crippen LogP contribution in [0.5, 0.6) is 0 Å². The van der Waals surface area contributed by atoms with Gasteiger partial charge in [0.05, 0.1) is 17.9 Å². The van der Waals surface area contributed by atoms with Crippen LogP contribution in [0.2, 0.25) is 0 Å². The van der Waals surface area contributed by atoms with Crippen molar-refractivity contribution in [3.63, 3.8) is 0 Å². The van der Waals surface area contributed by atoms with E-state index in [0.29, 0.717) is 13.2 Å². The Hall–Kier alpha value is -2.67. The molecule has 2 aromatic heterocycles. The van der Waals surface area contributed by atoms with Gasteiger partial charge in [0, 0.05) is 24.5 Å². The summed E-state index contributed by atoms with van der Waals surface area (Å²) < 4.78 is 5.19. The van der Waals surface area contributed by atoms with E-state index in [1.54, 1.807) is 11.3 Å². The average Bonchev–Trinajstić information content (AvgIpc) is 3.06. The number of nitrogens with zero attached hydrogens (tertiary/aromatic N) is 3. The zero-order chi connectivity index (χ0) is 21.1. The van der Waals surface area contributed by atoms with Crippen LogP contribution in [0, 0.1) is 19.8 Å². The third-order valence-corrected chi connectivity index (χ3v) is 6.82. The molecule has 6 nitrogen and oxygen atoms in total. The van der Waals surface area contributed by atoms with E-state index in [2.05, 4.69) is 36.2 Å². The van der Waals surface area contributed by atoms with Crippen molar-refractivity contribution in [3.8, 4) is 0 Å². The van der Waals surface area contributed by atoms with Crippen LogP contribution in [0.25, 0.3) is 10.2 Å². The first-order valence-corrected chi connectivity index (χ1v) is 11.4. The Kier molecular flexibility index (Phi) is 6.18. The van der Waals surface area contributed by atoms with Gasteiger partial charge < -0.3 is 15.0 Å². The second-order valence-corrected chi connectivity index (χ2v) is 8.89. The number of piperidine rings is 1. The van der Waals surface area contributed by atoms with Crippen molar-refractivity contribution >= 4 is 39.3 Å². The molecule has 158 valence electrons. The highest BCUT2D eigenvalue weighted by molar-refractivity contribution is 7.18. The number of benzene rings is 1. The van der Waals surface area contributed by atoms with E-state index >= 15 is 0 Å². The molecule has 7 heteroatoms. The van der Waals surface area contributed by atoms with E-state index in [1.165, 1.54) is 16.0 Å². The lowest BCUT2D eigenvalue weighted by Gasteiger charge is -2.31. The summed E-state index contributed by atoms with van der Waals surface area (Å²) in [4.78, 5) is 26.3. The molecular weight excluding hydrogens is 396 g/mol. The predicted octanol–water partition coefficient (Wildman–Crippen LogP) is 4.70. The molecule has 0 bridgehead atoms. The Morgan fingerprint density at radius 3 is 2.63 bits per heavy atom. The standard InChI is InChI=1S/C23H28N4O2S/c1-4-29-22(28)18-10-12-27(13-11-18)23-25-20(24-14-17-8-6-5-7-9-17)19-15(2)16(3)30-21(19)26-23/h5-9,18H,4,10-14H2,1-3H3,(H,24,25,26). The van der Waals surface area contributed by atoms with Crippen LogP contribution in [-0.4, -0.2) is 35.6 Å². The third-order valence-electron chi connectivity index (χ3n) is 5.72. The molecule has 3 heterocycles. The number of esters is 1. The van der Waals surface area contributed by atoms with Gasteiger partial charge in [0.15, 0.2) is 0 Å². The highest BCUT2D eigenvalue weighted by Gasteiger charge is 2.28. The summed E-state index contributed by atoms with van der Waals surface area (Å²) in [5.41, 5.74) is 2.45. The summed E-state index contributed by atoms with van der Waals surface area (Å²) in [6.45, 7) is 8.79. The quantitative estimate of drug-likeness (QED) is 0.579. The maximum Gasteiger partial charge on any atom is 0.309 e. The molecule has 0 atom stereocenters. The average molecular weight is 425 g/mol. The minimum absolute atomic E-state index is 0.0215. The molecule has 30 heavy (non-hydrogen) atoms. The van der Waals surface area contributed by atoms with Crippen molar-refractivity contribution in [2.75, 3.05) is 29.9 Å². The summed E-state index contributed by atoms with van der Waals surface area (Å²) in [7, 11) is 0. The number of hydrogen-bond acceptors (Lipinski definition) is 7. The van der Waals surface area contributed by atoms with Crippen LogP contribution in [0.4, 0.5) is 11.8 Å². The van der Waals surface area contributed by atoms with Gasteiger partial charge in [-0.15, -0.1) is 11.3 Å². The van der Waals surface area contributed by atoms with Crippen molar-refractivity contribution in [3.05, 3.63) is 46.3 Å². The van der Waals surface area contributed by atoms with Crippen LogP contribution >= 0.6 is 11.3 Å². The van der Waals surface area contributed by atoms with Crippen LogP contribution in [0.1, 0.15) is 35.8 Å². The molecule has 0 amide bonds. The Labute approximate surface area is 181 Å². The predicted molar refractivity (Wildman–Crippen MR) is 122 cm³/mol. The lowest BCUT2D eigenvalue weighted by molar-refractivity contribution is -0.148. The van der Waals surface area contributed by atoms with Crippen molar-refractivity contribution in [1.29, 1.82) is 0 Å². The number of aromatic nitrogens is 2. The zero-order valence-corrected chi connectivity index (χ0v) is 18.6. The van der Waals surface area contributed by atoms with Crippen LogP contribution in [0.3, 0.4) is 0 Å². The first-order chi connectivity index (χ1) is 14.6. The molecule has 3 aromatic rings. The molecular formula is C23H28N4O2S. The number of hydrogen-bond donors (Lipinski definition) is 1. The molecule has 0 aliphatic carbocycles. The van der Waals surface area contributed by atoms with Gasteiger partial charge >= 0.3 is 5.97 Å². The number of thiophene rings is 1. The molecule has 1 aliphatic heterocycles. The highest BCUT2D eigenvalue weighted by Crippen LogP contribution is 2.35. The molecule has 0 saturated carbocycles. The Morgan fingerprint density at radius 2 is 1.93 bits per heavy atom. The summed E-state index contributed by atoms with van der Waals surface area (Å²) in [5.74, 6) is 1.52. The van der Waals surface area contributed by atoms with Gasteiger partial charge in [-0.2, -0.15) is 4.98 Å². The molecule has 0 spiro atoms. The topological polar surface area (TPSA) is 67.3 Å². The fraction of sp³-hybridized carbons (Fsp3) is 0.435. The fourth-order valence-electron chi connectivity index (χ4n) is 3.86. The van der Waals surface area contributed by atoms with Crippen LogP contribution in [-0.2, 0) is 16.1 Å². The minimum Gasteiger partial charge on any atom is -0.466 e. The largest absolute Gasteiger partial charge is 0.466 e. The normalized spacial score (nSPS) is 14.8. The number of ether oxygens (including phenoxy) is 1. The molecule has 4 rings (SSSR count). The lowest BCUT2D eigenvalue weighted by Crippen LogP contribution is -2.38. The van der Waals surface area contributed by atoms with Gasteiger partial charge in [-0.3, -0.25) is 4.79 Å². The summed E-state index contributed by atoms with van der Waals surface area (Å²) in [6, 6.07) is 10.3. The number of carbonyl (C=O) groups excluding carboxylic acids is 1. The summed E-state index contributed by atoms with van der Waals surface area (Å²) in [6.07, 6.45) is 1.55. The fourth-order valence-corrected chi connectivity index (χ4v) is 4.89. The van der Waals surface area contributed by atoms with E-state index in [0.717, 1.165) is 47.9 Å². The molecule has 1 saturated heterocycles. The first-order valence-electron chi connectivity index (χ1n) is 10.5. The highest BCUT2D eigenvalue weighted by atomic mass is 32.1. The molecule has 1 N–H and O–H groups in total. The molecule has 0 radical (unpaired) electrons. The van der Waals surface area contributed by atoms with Gasteiger partial charge in [0.2, 0.25) is 5.95 Å². The Bertz CT molecular complexity index is 1030. The van der Waals surface area contributed by atoms with Gasteiger partial charge in [0.1, 0.15) is 10.6 Å². The maximum absolute atomic E-state index is 12.1. The number of rotatable bonds is 6. The van der Waals surface area contributed by atoms with Crippen LogP contribution in [0.15, 0.2) is 30.3 Å². The monoisotopic (exact) mass is 424 g/mol. The lowest BCUT2D eigenvalue weighted by atomic mass is 9.97. The van der Waals surface area contributed by atoms with E-state index in [9.17, 15) is 4.79 Å². The molecule has 0 unspecified atom stereocenters. The third kappa shape index (κ3) is 4.26. The Balaban J connectivity index is 1.58. The summed E-state index contributed by atoms with van der Waals surface area (Å²) in [5, 5.41) is 4.65. The van der Waals surface area contributed by atoms with Crippen LogP contribution < -0.4 is 10.2 Å². The van der Waals surface area contributed by atoms with E-state index in [1.807, 2.05) is 25.1 Å². The number of aryl methyl sites for hydroxylation is 2. The zero-order valence-electron chi connectivity index (χ0n) is 17.8.